The van der Waals surface area contributed by atoms with Crippen LogP contribution in [-0.4, -0.2) is 50.8 Å². The van der Waals surface area contributed by atoms with Crippen molar-refractivity contribution in [3.63, 3.8) is 0 Å². The third-order valence-electron chi connectivity index (χ3n) is 4.81. The van der Waals surface area contributed by atoms with Crippen molar-refractivity contribution in [1.29, 1.82) is 0 Å². The van der Waals surface area contributed by atoms with E-state index < -0.39 is 11.7 Å². The highest BCUT2D eigenvalue weighted by atomic mass is 32.1. The number of morpholine rings is 1. The number of nitrogens with one attached hydrogen (secondary N) is 2. The molecule has 3 rings (SSSR count). The monoisotopic (exact) mass is 426 g/mol. The Labute approximate surface area is 172 Å². The zero-order chi connectivity index (χ0) is 20.7. The number of thiophene rings is 1. The van der Waals surface area contributed by atoms with Gasteiger partial charge in [0.15, 0.2) is 5.96 Å². The van der Waals surface area contributed by atoms with Crippen LogP contribution in [0.1, 0.15) is 22.0 Å². The van der Waals surface area contributed by atoms with E-state index in [0.717, 1.165) is 30.8 Å². The third-order valence-corrected chi connectivity index (χ3v) is 5.68. The van der Waals surface area contributed by atoms with Gasteiger partial charge in [-0.05, 0) is 29.1 Å². The average molecular weight is 427 g/mol. The van der Waals surface area contributed by atoms with E-state index in [1.54, 1.807) is 30.5 Å². The summed E-state index contributed by atoms with van der Waals surface area (Å²) in [6.45, 7) is 3.88. The summed E-state index contributed by atoms with van der Waals surface area (Å²) in [5.41, 5.74) is 0.199. The Kier molecular flexibility index (Phi) is 7.51. The van der Waals surface area contributed by atoms with E-state index in [-0.39, 0.29) is 6.04 Å². The SMILES string of the molecule is CN=C(NCc1cccs1)NCC(c1ccc(C(F)(F)F)cc1)N1CCOCC1. The molecule has 0 bridgehead atoms. The smallest absolute Gasteiger partial charge is 0.379 e. The number of aliphatic imine (C=N–C) groups is 1. The van der Waals surface area contributed by atoms with Crippen LogP contribution in [0, 0.1) is 0 Å². The second-order valence-electron chi connectivity index (χ2n) is 6.67. The molecule has 2 N–H and O–H groups in total. The van der Waals surface area contributed by atoms with E-state index in [9.17, 15) is 13.2 Å². The summed E-state index contributed by atoms with van der Waals surface area (Å²) in [6.07, 6.45) is -4.33. The molecule has 1 aromatic heterocycles. The Hall–Kier alpha value is -2.10. The van der Waals surface area contributed by atoms with Gasteiger partial charge in [0, 0.05) is 31.6 Å². The van der Waals surface area contributed by atoms with E-state index in [2.05, 4.69) is 20.5 Å². The fourth-order valence-corrected chi connectivity index (χ4v) is 3.88. The molecule has 1 unspecified atom stereocenters. The summed E-state index contributed by atoms with van der Waals surface area (Å²) >= 11 is 1.66. The van der Waals surface area contributed by atoms with Crippen molar-refractivity contribution in [2.24, 2.45) is 4.99 Å². The average Bonchev–Trinajstić information content (AvgIpc) is 3.24. The van der Waals surface area contributed by atoms with Gasteiger partial charge in [-0.2, -0.15) is 13.2 Å². The van der Waals surface area contributed by atoms with Gasteiger partial charge >= 0.3 is 6.18 Å². The van der Waals surface area contributed by atoms with Crippen molar-refractivity contribution in [3.05, 3.63) is 57.8 Å². The van der Waals surface area contributed by atoms with E-state index >= 15 is 0 Å². The van der Waals surface area contributed by atoms with E-state index in [1.807, 2.05) is 17.5 Å². The van der Waals surface area contributed by atoms with Gasteiger partial charge in [-0.1, -0.05) is 18.2 Å². The van der Waals surface area contributed by atoms with Gasteiger partial charge in [-0.3, -0.25) is 9.89 Å². The number of alkyl halides is 3. The quantitative estimate of drug-likeness (QED) is 0.548. The molecule has 0 aliphatic carbocycles. The number of guanidine groups is 1. The summed E-state index contributed by atoms with van der Waals surface area (Å²) in [7, 11) is 1.70. The van der Waals surface area contributed by atoms with Crippen LogP contribution >= 0.6 is 11.3 Å². The molecular formula is C20H25F3N4OS. The van der Waals surface area contributed by atoms with Crippen LogP contribution in [0.4, 0.5) is 13.2 Å². The molecule has 1 aliphatic heterocycles. The van der Waals surface area contributed by atoms with Gasteiger partial charge in [0.1, 0.15) is 0 Å². The van der Waals surface area contributed by atoms with E-state index in [4.69, 9.17) is 4.74 Å². The largest absolute Gasteiger partial charge is 0.416 e. The van der Waals surface area contributed by atoms with Gasteiger partial charge in [-0.25, -0.2) is 0 Å². The summed E-state index contributed by atoms with van der Waals surface area (Å²) < 4.78 is 44.2. The maximum absolute atomic E-state index is 12.9. The summed E-state index contributed by atoms with van der Waals surface area (Å²) in [5, 5.41) is 8.60. The topological polar surface area (TPSA) is 48.9 Å². The lowest BCUT2D eigenvalue weighted by molar-refractivity contribution is -0.137. The Balaban J connectivity index is 1.68. The van der Waals surface area contributed by atoms with E-state index in [0.29, 0.717) is 32.3 Å². The fourth-order valence-electron chi connectivity index (χ4n) is 3.24. The lowest BCUT2D eigenvalue weighted by Gasteiger charge is -2.35. The molecule has 9 heteroatoms. The van der Waals surface area contributed by atoms with E-state index in [1.165, 1.54) is 4.88 Å². The second-order valence-corrected chi connectivity index (χ2v) is 7.70. The summed E-state index contributed by atoms with van der Waals surface area (Å²) in [4.78, 5) is 7.67. The predicted octanol–water partition coefficient (Wildman–Crippen LogP) is 3.51. The van der Waals surface area contributed by atoms with Gasteiger partial charge in [0.2, 0.25) is 0 Å². The van der Waals surface area contributed by atoms with Crippen molar-refractivity contribution in [2.45, 2.75) is 18.8 Å². The van der Waals surface area contributed by atoms with Crippen molar-refractivity contribution >= 4 is 17.3 Å². The Morgan fingerprint density at radius 2 is 1.90 bits per heavy atom. The predicted molar refractivity (Wildman–Crippen MR) is 109 cm³/mol. The second kappa shape index (κ2) is 10.1. The highest BCUT2D eigenvalue weighted by Gasteiger charge is 2.31. The Morgan fingerprint density at radius 3 is 2.48 bits per heavy atom. The van der Waals surface area contributed by atoms with Crippen molar-refractivity contribution < 1.29 is 17.9 Å². The highest BCUT2D eigenvalue weighted by molar-refractivity contribution is 7.09. The van der Waals surface area contributed by atoms with Crippen LogP contribution in [0.25, 0.3) is 0 Å². The van der Waals surface area contributed by atoms with Crippen LogP contribution in [0.3, 0.4) is 0 Å². The number of hydrogen-bond donors (Lipinski definition) is 2. The zero-order valence-electron chi connectivity index (χ0n) is 16.2. The molecule has 2 heterocycles. The minimum Gasteiger partial charge on any atom is -0.379 e. The number of rotatable bonds is 6. The first-order chi connectivity index (χ1) is 14.0. The number of hydrogen-bond acceptors (Lipinski definition) is 4. The third kappa shape index (κ3) is 6.19. The summed E-state index contributed by atoms with van der Waals surface area (Å²) in [6, 6.07) is 9.38. The van der Waals surface area contributed by atoms with Crippen LogP contribution in [0.15, 0.2) is 46.8 Å². The van der Waals surface area contributed by atoms with Crippen LogP contribution in [0.5, 0.6) is 0 Å². The first-order valence-corrected chi connectivity index (χ1v) is 10.3. The number of benzene rings is 1. The maximum Gasteiger partial charge on any atom is 0.416 e. The Morgan fingerprint density at radius 1 is 1.17 bits per heavy atom. The minimum absolute atomic E-state index is 0.0820. The molecule has 1 aromatic carbocycles. The van der Waals surface area contributed by atoms with Gasteiger partial charge < -0.3 is 15.4 Å². The van der Waals surface area contributed by atoms with Crippen LogP contribution in [0.2, 0.25) is 0 Å². The van der Waals surface area contributed by atoms with Crippen molar-refractivity contribution in [2.75, 3.05) is 39.9 Å². The van der Waals surface area contributed by atoms with Gasteiger partial charge in [0.25, 0.3) is 0 Å². The van der Waals surface area contributed by atoms with Crippen molar-refractivity contribution in [3.8, 4) is 0 Å². The lowest BCUT2D eigenvalue weighted by Crippen LogP contribution is -2.46. The molecule has 1 aliphatic rings. The maximum atomic E-state index is 12.9. The van der Waals surface area contributed by atoms with Crippen molar-refractivity contribution in [1.82, 2.24) is 15.5 Å². The summed E-state index contributed by atoms with van der Waals surface area (Å²) in [5.74, 6) is 0.656. The van der Waals surface area contributed by atoms with Gasteiger partial charge in [-0.15, -0.1) is 11.3 Å². The van der Waals surface area contributed by atoms with Crippen LogP contribution < -0.4 is 10.6 Å². The molecule has 0 saturated carbocycles. The Bertz CT molecular complexity index is 772. The first-order valence-electron chi connectivity index (χ1n) is 9.43. The lowest BCUT2D eigenvalue weighted by atomic mass is 10.0. The fraction of sp³-hybridized carbons (Fsp3) is 0.450. The highest BCUT2D eigenvalue weighted by Crippen LogP contribution is 2.31. The molecular weight excluding hydrogens is 401 g/mol. The molecule has 2 aromatic rings. The molecule has 29 heavy (non-hydrogen) atoms. The number of halogens is 3. The number of nitrogens with zero attached hydrogens (tertiary/aromatic N) is 2. The molecule has 5 nitrogen and oxygen atoms in total. The molecule has 0 radical (unpaired) electrons. The molecule has 0 spiro atoms. The number of ether oxygens (including phenoxy) is 1. The normalized spacial score (nSPS) is 17.2. The molecule has 1 saturated heterocycles. The zero-order valence-corrected chi connectivity index (χ0v) is 17.0. The minimum atomic E-state index is -4.33. The van der Waals surface area contributed by atoms with Gasteiger partial charge in [0.05, 0.1) is 31.4 Å². The standard InChI is InChI=1S/C20H25F3N4OS/c1-24-19(25-13-17-3-2-12-29-17)26-14-18(27-8-10-28-11-9-27)15-4-6-16(7-5-15)20(21,22)23/h2-7,12,18H,8-11,13-14H2,1H3,(H2,24,25,26). The molecule has 158 valence electrons. The first kappa shape index (κ1) is 21.6. The van der Waals surface area contributed by atoms with Crippen LogP contribution in [-0.2, 0) is 17.5 Å². The molecule has 0 amide bonds. The molecule has 1 atom stereocenters. The molecule has 1 fully saturated rings.